The molecule has 2 N–H and O–H groups in total. The van der Waals surface area contributed by atoms with Gasteiger partial charge in [-0.2, -0.15) is 5.26 Å². The molecule has 0 aliphatic carbocycles. The van der Waals surface area contributed by atoms with E-state index in [-0.39, 0.29) is 17.7 Å². The number of nitriles is 1. The lowest BCUT2D eigenvalue weighted by atomic mass is 9.77. The molecule has 0 radical (unpaired) electrons. The molecule has 0 spiro atoms. The van der Waals surface area contributed by atoms with E-state index in [0.29, 0.717) is 31.0 Å². The largest absolute Gasteiger partial charge is 0.346 e. The molecule has 0 bridgehead atoms. The van der Waals surface area contributed by atoms with Gasteiger partial charge in [0.1, 0.15) is 17.9 Å². The highest BCUT2D eigenvalue weighted by molar-refractivity contribution is 5.94. The van der Waals surface area contributed by atoms with Gasteiger partial charge in [-0.15, -0.1) is 0 Å². The maximum Gasteiger partial charge on any atom is 0.237 e. The van der Waals surface area contributed by atoms with Crippen molar-refractivity contribution in [1.29, 1.82) is 5.26 Å². The lowest BCUT2D eigenvalue weighted by Gasteiger charge is -2.39. The van der Waals surface area contributed by atoms with Crippen molar-refractivity contribution in [2.24, 2.45) is 5.41 Å². The fourth-order valence-electron chi connectivity index (χ4n) is 3.34. The van der Waals surface area contributed by atoms with Crippen molar-refractivity contribution < 1.29 is 9.59 Å². The third-order valence-corrected chi connectivity index (χ3v) is 4.44. The number of aromatic nitrogens is 2. The van der Waals surface area contributed by atoms with Gasteiger partial charge in [0.2, 0.25) is 12.3 Å². The molecule has 0 aromatic carbocycles. The summed E-state index contributed by atoms with van der Waals surface area (Å²) in [6.45, 7) is 5.13. The topological polar surface area (TPSA) is 102 Å². The normalized spacial score (nSPS) is 16.2. The zero-order chi connectivity index (χ0) is 18.0. The Kier molecular flexibility index (Phi) is 4.28. The van der Waals surface area contributed by atoms with Crippen LogP contribution in [-0.2, 0) is 9.59 Å². The molecule has 2 aromatic rings. The summed E-state index contributed by atoms with van der Waals surface area (Å²) >= 11 is 0. The Hall–Kier alpha value is -3.14. The van der Waals surface area contributed by atoms with Gasteiger partial charge < -0.3 is 15.2 Å². The molecule has 1 aliphatic heterocycles. The van der Waals surface area contributed by atoms with Crippen LogP contribution in [0.15, 0.2) is 24.4 Å². The second-order valence-electron chi connectivity index (χ2n) is 6.67. The van der Waals surface area contributed by atoms with Crippen molar-refractivity contribution in [3.63, 3.8) is 0 Å². The number of anilines is 1. The fourth-order valence-corrected chi connectivity index (χ4v) is 3.34. The first kappa shape index (κ1) is 16.7. The zero-order valence-electron chi connectivity index (χ0n) is 14.2. The van der Waals surface area contributed by atoms with E-state index in [0.717, 1.165) is 16.5 Å². The SMILES string of the molecule is CC1(C)CN(C(=O)CC#N)CC=C1c1cc(NC=O)nc2[nH]ccc12. The van der Waals surface area contributed by atoms with E-state index in [1.165, 1.54) is 0 Å². The molecule has 3 heterocycles. The van der Waals surface area contributed by atoms with Crippen LogP contribution in [0.4, 0.5) is 5.82 Å². The van der Waals surface area contributed by atoms with Gasteiger partial charge in [0.15, 0.2) is 0 Å². The molecule has 1 aliphatic rings. The number of fused-ring (bicyclic) bond motifs is 1. The summed E-state index contributed by atoms with van der Waals surface area (Å²) in [5.74, 6) is 0.315. The van der Waals surface area contributed by atoms with Crippen molar-refractivity contribution >= 4 is 34.7 Å². The van der Waals surface area contributed by atoms with Crippen LogP contribution in [0, 0.1) is 16.7 Å². The van der Waals surface area contributed by atoms with Gasteiger partial charge in [-0.25, -0.2) is 4.98 Å². The van der Waals surface area contributed by atoms with Crippen LogP contribution in [-0.4, -0.2) is 40.3 Å². The van der Waals surface area contributed by atoms with Crippen molar-refractivity contribution in [2.45, 2.75) is 20.3 Å². The van der Waals surface area contributed by atoms with Crippen molar-refractivity contribution in [3.8, 4) is 6.07 Å². The standard InChI is InChI=1S/C18H19N5O2/c1-18(2)10-23(16(25)3-6-19)8-5-14(18)13-9-15(21-11-24)22-17-12(13)4-7-20-17/h4-5,7,9,11H,3,8,10H2,1-2H3,(H2,20,21,22,24). The average molecular weight is 337 g/mol. The molecule has 25 heavy (non-hydrogen) atoms. The van der Waals surface area contributed by atoms with Crippen LogP contribution in [0.25, 0.3) is 16.6 Å². The molecular formula is C18H19N5O2. The number of aromatic amines is 1. The summed E-state index contributed by atoms with van der Waals surface area (Å²) in [5.41, 5.74) is 2.47. The number of hydrogen-bond acceptors (Lipinski definition) is 4. The second-order valence-corrected chi connectivity index (χ2v) is 6.67. The van der Waals surface area contributed by atoms with E-state index in [9.17, 15) is 9.59 Å². The van der Waals surface area contributed by atoms with Gasteiger partial charge in [0.25, 0.3) is 0 Å². The molecule has 0 fully saturated rings. The Balaban J connectivity index is 2.05. The van der Waals surface area contributed by atoms with E-state index in [1.807, 2.05) is 30.5 Å². The van der Waals surface area contributed by atoms with Crippen LogP contribution in [0.2, 0.25) is 0 Å². The number of pyridine rings is 1. The first-order valence-electron chi connectivity index (χ1n) is 8.00. The number of carbonyl (C=O) groups excluding carboxylic acids is 2. The number of amides is 2. The first-order chi connectivity index (χ1) is 12.0. The second kappa shape index (κ2) is 6.40. The summed E-state index contributed by atoms with van der Waals surface area (Å²) in [7, 11) is 0. The number of carbonyl (C=O) groups is 2. The Bertz CT molecular complexity index is 904. The van der Waals surface area contributed by atoms with Gasteiger partial charge in [-0.1, -0.05) is 19.9 Å². The zero-order valence-corrected chi connectivity index (χ0v) is 14.2. The fraction of sp³-hybridized carbons (Fsp3) is 0.333. The first-order valence-corrected chi connectivity index (χ1v) is 8.00. The minimum Gasteiger partial charge on any atom is -0.346 e. The molecule has 7 nitrogen and oxygen atoms in total. The predicted molar refractivity (Wildman–Crippen MR) is 94.3 cm³/mol. The van der Waals surface area contributed by atoms with E-state index in [1.54, 1.807) is 4.90 Å². The number of nitrogens with zero attached hydrogens (tertiary/aromatic N) is 3. The maximum absolute atomic E-state index is 12.0. The molecule has 128 valence electrons. The maximum atomic E-state index is 12.0. The quantitative estimate of drug-likeness (QED) is 0.836. The lowest BCUT2D eigenvalue weighted by Crippen LogP contribution is -2.42. The summed E-state index contributed by atoms with van der Waals surface area (Å²) in [6, 6.07) is 5.71. The van der Waals surface area contributed by atoms with Gasteiger partial charge >= 0.3 is 0 Å². The molecule has 3 rings (SSSR count). The van der Waals surface area contributed by atoms with Crippen LogP contribution >= 0.6 is 0 Å². The smallest absolute Gasteiger partial charge is 0.237 e. The minimum absolute atomic E-state index is 0.107. The van der Waals surface area contributed by atoms with Crippen LogP contribution in [0.3, 0.4) is 0 Å². The molecular weight excluding hydrogens is 318 g/mol. The number of hydrogen-bond donors (Lipinski definition) is 2. The Morgan fingerprint density at radius 2 is 2.36 bits per heavy atom. The van der Waals surface area contributed by atoms with Crippen LogP contribution in [0.5, 0.6) is 0 Å². The summed E-state index contributed by atoms with van der Waals surface area (Å²) in [4.78, 5) is 32.0. The molecule has 0 saturated heterocycles. The van der Waals surface area contributed by atoms with E-state index >= 15 is 0 Å². The highest BCUT2D eigenvalue weighted by Crippen LogP contribution is 2.41. The summed E-state index contributed by atoms with van der Waals surface area (Å²) < 4.78 is 0. The third-order valence-electron chi connectivity index (χ3n) is 4.44. The lowest BCUT2D eigenvalue weighted by molar-refractivity contribution is -0.130. The summed E-state index contributed by atoms with van der Waals surface area (Å²) in [6.07, 6.45) is 4.32. The van der Waals surface area contributed by atoms with Crippen molar-refractivity contribution in [2.75, 3.05) is 18.4 Å². The molecule has 0 saturated carbocycles. The van der Waals surface area contributed by atoms with Gasteiger partial charge in [0.05, 0.1) is 6.07 Å². The third kappa shape index (κ3) is 3.11. The molecule has 7 heteroatoms. The van der Waals surface area contributed by atoms with Gasteiger partial charge in [0, 0.05) is 30.1 Å². The molecule has 2 aromatic heterocycles. The Morgan fingerprint density at radius 1 is 1.56 bits per heavy atom. The number of H-pyrrole nitrogens is 1. The molecule has 0 unspecified atom stereocenters. The van der Waals surface area contributed by atoms with E-state index in [4.69, 9.17) is 5.26 Å². The van der Waals surface area contributed by atoms with Gasteiger partial charge in [-0.3, -0.25) is 9.59 Å². The molecule has 0 atom stereocenters. The highest BCUT2D eigenvalue weighted by atomic mass is 16.2. The molecule has 2 amide bonds. The van der Waals surface area contributed by atoms with Crippen molar-refractivity contribution in [3.05, 3.63) is 30.0 Å². The number of nitrogens with one attached hydrogen (secondary N) is 2. The van der Waals surface area contributed by atoms with E-state index in [2.05, 4.69) is 29.1 Å². The average Bonchev–Trinajstić information content (AvgIpc) is 3.02. The van der Waals surface area contributed by atoms with Crippen LogP contribution in [0.1, 0.15) is 25.8 Å². The minimum atomic E-state index is -0.298. The Morgan fingerprint density at radius 3 is 3.04 bits per heavy atom. The van der Waals surface area contributed by atoms with Gasteiger partial charge in [-0.05, 0) is 23.3 Å². The highest BCUT2D eigenvalue weighted by Gasteiger charge is 2.33. The Labute approximate surface area is 145 Å². The monoisotopic (exact) mass is 337 g/mol. The summed E-state index contributed by atoms with van der Waals surface area (Å²) in [5, 5.41) is 12.3. The number of rotatable bonds is 4. The predicted octanol–water partition coefficient (Wildman–Crippen LogP) is 2.30. The van der Waals surface area contributed by atoms with Crippen LogP contribution < -0.4 is 5.32 Å². The van der Waals surface area contributed by atoms with Crippen molar-refractivity contribution in [1.82, 2.24) is 14.9 Å². The van der Waals surface area contributed by atoms with E-state index < -0.39 is 0 Å².